The minimum absolute atomic E-state index is 0.226. The quantitative estimate of drug-likeness (QED) is 0.870. The van der Waals surface area contributed by atoms with Gasteiger partial charge in [-0.1, -0.05) is 13.8 Å². The second-order valence-electron chi connectivity index (χ2n) is 5.52. The van der Waals surface area contributed by atoms with Gasteiger partial charge in [0.25, 0.3) is 0 Å². The van der Waals surface area contributed by atoms with Crippen LogP contribution in [0, 0.1) is 18.7 Å². The van der Waals surface area contributed by atoms with Gasteiger partial charge in [0, 0.05) is 24.5 Å². The first-order chi connectivity index (χ1) is 10.1. The first kappa shape index (κ1) is 15.4. The van der Waals surface area contributed by atoms with E-state index in [1.807, 2.05) is 6.07 Å². The van der Waals surface area contributed by atoms with E-state index in [0.29, 0.717) is 23.8 Å². The standard InChI is InChI=1S/C17H21FN2O/c1-12(2)9-20-11-14-10-19-7-6-17(14)21-15-4-5-16(18)13(3)8-15/h4-8,10,12,20H,9,11H2,1-3H3. The largest absolute Gasteiger partial charge is 0.457 e. The highest BCUT2D eigenvalue weighted by Crippen LogP contribution is 2.26. The number of nitrogens with one attached hydrogen (secondary N) is 1. The highest BCUT2D eigenvalue weighted by atomic mass is 19.1. The van der Waals surface area contributed by atoms with Gasteiger partial charge in [-0.15, -0.1) is 0 Å². The van der Waals surface area contributed by atoms with Crippen LogP contribution in [0.5, 0.6) is 11.5 Å². The smallest absolute Gasteiger partial charge is 0.134 e. The van der Waals surface area contributed by atoms with Crippen LogP contribution in [0.4, 0.5) is 4.39 Å². The topological polar surface area (TPSA) is 34.1 Å². The van der Waals surface area contributed by atoms with E-state index in [1.54, 1.807) is 31.5 Å². The van der Waals surface area contributed by atoms with Gasteiger partial charge in [0.05, 0.1) is 0 Å². The van der Waals surface area contributed by atoms with E-state index in [0.717, 1.165) is 17.9 Å². The SMILES string of the molecule is Cc1cc(Oc2ccncc2CNCC(C)C)ccc1F. The number of halogens is 1. The minimum Gasteiger partial charge on any atom is -0.457 e. The molecule has 0 bridgehead atoms. The monoisotopic (exact) mass is 288 g/mol. The summed E-state index contributed by atoms with van der Waals surface area (Å²) in [5.74, 6) is 1.74. The summed E-state index contributed by atoms with van der Waals surface area (Å²) in [5.41, 5.74) is 1.56. The molecule has 0 saturated carbocycles. The molecule has 4 heteroatoms. The molecule has 0 saturated heterocycles. The summed E-state index contributed by atoms with van der Waals surface area (Å²) in [6.45, 7) is 7.68. The third kappa shape index (κ3) is 4.53. The normalized spacial score (nSPS) is 10.9. The third-order valence-electron chi connectivity index (χ3n) is 3.08. The van der Waals surface area contributed by atoms with Gasteiger partial charge in [0.2, 0.25) is 0 Å². The molecule has 0 unspecified atom stereocenters. The van der Waals surface area contributed by atoms with Crippen molar-refractivity contribution < 1.29 is 9.13 Å². The van der Waals surface area contributed by atoms with Crippen molar-refractivity contribution in [2.24, 2.45) is 5.92 Å². The summed E-state index contributed by atoms with van der Waals surface area (Å²) in [6, 6.07) is 6.57. The molecule has 1 aromatic carbocycles. The van der Waals surface area contributed by atoms with Crippen LogP contribution in [0.1, 0.15) is 25.0 Å². The molecule has 3 nitrogen and oxygen atoms in total. The summed E-state index contributed by atoms with van der Waals surface area (Å²) in [6.07, 6.45) is 3.48. The molecule has 1 heterocycles. The van der Waals surface area contributed by atoms with Gasteiger partial charge in [-0.05, 0) is 49.2 Å². The molecule has 0 aliphatic carbocycles. The lowest BCUT2D eigenvalue weighted by molar-refractivity contribution is 0.465. The number of rotatable bonds is 6. The summed E-state index contributed by atoms with van der Waals surface area (Å²) >= 11 is 0. The predicted octanol–water partition coefficient (Wildman–Crippen LogP) is 4.07. The van der Waals surface area contributed by atoms with E-state index in [-0.39, 0.29) is 5.82 Å². The number of aryl methyl sites for hydroxylation is 1. The molecule has 0 aliphatic rings. The number of benzene rings is 1. The van der Waals surface area contributed by atoms with Gasteiger partial charge in [0.1, 0.15) is 17.3 Å². The molecule has 21 heavy (non-hydrogen) atoms. The highest BCUT2D eigenvalue weighted by molar-refractivity contribution is 5.37. The molecule has 0 spiro atoms. The number of pyridine rings is 1. The molecule has 2 aromatic rings. The molecule has 0 aliphatic heterocycles. The van der Waals surface area contributed by atoms with E-state index in [2.05, 4.69) is 24.1 Å². The van der Waals surface area contributed by atoms with E-state index < -0.39 is 0 Å². The third-order valence-corrected chi connectivity index (χ3v) is 3.08. The van der Waals surface area contributed by atoms with Gasteiger partial charge >= 0.3 is 0 Å². The Morgan fingerprint density at radius 3 is 2.81 bits per heavy atom. The van der Waals surface area contributed by atoms with E-state index in [9.17, 15) is 4.39 Å². The maximum absolute atomic E-state index is 13.3. The zero-order valence-electron chi connectivity index (χ0n) is 12.7. The average Bonchev–Trinajstić information content (AvgIpc) is 2.44. The minimum atomic E-state index is -0.226. The van der Waals surface area contributed by atoms with E-state index in [4.69, 9.17) is 4.74 Å². The number of ether oxygens (including phenoxy) is 1. The Kier molecular flexibility index (Phi) is 5.28. The fourth-order valence-corrected chi connectivity index (χ4v) is 1.95. The first-order valence-corrected chi connectivity index (χ1v) is 7.14. The highest BCUT2D eigenvalue weighted by Gasteiger charge is 2.07. The van der Waals surface area contributed by atoms with Gasteiger partial charge < -0.3 is 10.1 Å². The molecule has 0 amide bonds. The van der Waals surface area contributed by atoms with Crippen LogP contribution in [-0.4, -0.2) is 11.5 Å². The van der Waals surface area contributed by atoms with Crippen molar-refractivity contribution in [1.82, 2.24) is 10.3 Å². The molecular weight excluding hydrogens is 267 g/mol. The van der Waals surface area contributed by atoms with Crippen molar-refractivity contribution in [3.8, 4) is 11.5 Å². The number of nitrogens with zero attached hydrogens (tertiary/aromatic N) is 1. The summed E-state index contributed by atoms with van der Waals surface area (Å²) < 4.78 is 19.1. The molecule has 112 valence electrons. The lowest BCUT2D eigenvalue weighted by atomic mass is 10.2. The van der Waals surface area contributed by atoms with Crippen LogP contribution < -0.4 is 10.1 Å². The van der Waals surface area contributed by atoms with Crippen LogP contribution >= 0.6 is 0 Å². The Bertz CT molecular complexity index is 599. The fraction of sp³-hybridized carbons (Fsp3) is 0.353. The Balaban J connectivity index is 2.10. The number of aromatic nitrogens is 1. The van der Waals surface area contributed by atoms with Crippen LogP contribution in [0.2, 0.25) is 0 Å². The average molecular weight is 288 g/mol. The Morgan fingerprint density at radius 2 is 2.10 bits per heavy atom. The second-order valence-corrected chi connectivity index (χ2v) is 5.52. The lowest BCUT2D eigenvalue weighted by Crippen LogP contribution is -2.19. The summed E-state index contributed by atoms with van der Waals surface area (Å²) in [5, 5.41) is 3.37. The zero-order valence-corrected chi connectivity index (χ0v) is 12.7. The molecule has 1 N–H and O–H groups in total. The molecular formula is C17H21FN2O. The number of hydrogen-bond acceptors (Lipinski definition) is 3. The van der Waals surface area contributed by atoms with Crippen LogP contribution in [0.3, 0.4) is 0 Å². The Morgan fingerprint density at radius 1 is 1.29 bits per heavy atom. The molecule has 0 fully saturated rings. The van der Waals surface area contributed by atoms with Gasteiger partial charge in [-0.25, -0.2) is 4.39 Å². The van der Waals surface area contributed by atoms with Gasteiger partial charge in [0.15, 0.2) is 0 Å². The van der Waals surface area contributed by atoms with Gasteiger partial charge in [-0.3, -0.25) is 4.98 Å². The van der Waals surface area contributed by atoms with Crippen molar-refractivity contribution in [3.05, 3.63) is 53.6 Å². The van der Waals surface area contributed by atoms with Crippen molar-refractivity contribution in [1.29, 1.82) is 0 Å². The van der Waals surface area contributed by atoms with Crippen LogP contribution in [0.15, 0.2) is 36.7 Å². The molecule has 2 rings (SSSR count). The lowest BCUT2D eigenvalue weighted by Gasteiger charge is -2.13. The molecule has 0 radical (unpaired) electrons. The first-order valence-electron chi connectivity index (χ1n) is 7.14. The van der Waals surface area contributed by atoms with E-state index >= 15 is 0 Å². The second kappa shape index (κ2) is 7.18. The van der Waals surface area contributed by atoms with Crippen molar-refractivity contribution in [2.45, 2.75) is 27.3 Å². The zero-order chi connectivity index (χ0) is 15.2. The molecule has 0 atom stereocenters. The summed E-state index contributed by atoms with van der Waals surface area (Å²) in [7, 11) is 0. The maximum atomic E-state index is 13.3. The van der Waals surface area contributed by atoms with Crippen molar-refractivity contribution in [2.75, 3.05) is 6.54 Å². The Hall–Kier alpha value is -1.94. The van der Waals surface area contributed by atoms with Crippen LogP contribution in [-0.2, 0) is 6.54 Å². The van der Waals surface area contributed by atoms with Crippen molar-refractivity contribution >= 4 is 0 Å². The maximum Gasteiger partial charge on any atom is 0.134 e. The van der Waals surface area contributed by atoms with E-state index in [1.165, 1.54) is 6.07 Å². The van der Waals surface area contributed by atoms with Crippen molar-refractivity contribution in [3.63, 3.8) is 0 Å². The van der Waals surface area contributed by atoms with Crippen LogP contribution in [0.25, 0.3) is 0 Å². The Labute approximate surface area is 125 Å². The number of hydrogen-bond donors (Lipinski definition) is 1. The fourth-order valence-electron chi connectivity index (χ4n) is 1.95. The predicted molar refractivity (Wildman–Crippen MR) is 82.0 cm³/mol. The summed E-state index contributed by atoms with van der Waals surface area (Å²) in [4.78, 5) is 4.14. The molecule has 1 aromatic heterocycles. The van der Waals surface area contributed by atoms with Gasteiger partial charge in [-0.2, -0.15) is 0 Å².